The number of benzene rings is 2. The zero-order valence-electron chi connectivity index (χ0n) is 17.7. The van der Waals surface area contributed by atoms with Crippen molar-refractivity contribution < 1.29 is 14.1 Å². The van der Waals surface area contributed by atoms with Crippen molar-refractivity contribution in [1.82, 2.24) is 15.0 Å². The lowest BCUT2D eigenvalue weighted by molar-refractivity contribution is -0.384. The number of hydrogen-bond acceptors (Lipinski definition) is 10. The minimum atomic E-state index is -0.466. The topological polar surface area (TPSA) is 131 Å². The zero-order chi connectivity index (χ0) is 23.2. The van der Waals surface area contributed by atoms with Crippen molar-refractivity contribution in [2.45, 2.75) is 6.92 Å². The molecule has 1 aliphatic rings. The van der Waals surface area contributed by atoms with Crippen LogP contribution in [0.1, 0.15) is 12.5 Å². The molecular formula is C21H21FN8O3. The van der Waals surface area contributed by atoms with Gasteiger partial charge in [-0.05, 0) is 36.8 Å². The Labute approximate surface area is 188 Å². The Bertz CT molecular complexity index is 1150. The summed E-state index contributed by atoms with van der Waals surface area (Å²) in [6.45, 7) is 4.14. The number of nitro benzene ring substituents is 1. The number of hydrazone groups is 1. The Morgan fingerprint density at radius 1 is 1.06 bits per heavy atom. The number of anilines is 4. The molecule has 11 nitrogen and oxygen atoms in total. The molecule has 0 amide bonds. The first-order chi connectivity index (χ1) is 16.0. The lowest BCUT2D eigenvalue weighted by atomic mass is 10.1. The standard InChI is InChI=1S/C21H21FN8O3/c1-14(15-2-4-16(22)5-3-15)27-28-20-24-19(23-17-6-8-18(9-7-17)30(31)32)25-21(26-20)29-10-12-33-13-11-29/h2-9H,10-13H2,1H3,(H2,23,24,25,26,28)/b27-14-. The summed E-state index contributed by atoms with van der Waals surface area (Å²) in [6, 6.07) is 11.9. The van der Waals surface area contributed by atoms with Crippen molar-refractivity contribution in [1.29, 1.82) is 0 Å². The smallest absolute Gasteiger partial charge is 0.269 e. The predicted octanol–water partition coefficient (Wildman–Crippen LogP) is 3.34. The minimum absolute atomic E-state index is 0.0156. The fourth-order valence-electron chi connectivity index (χ4n) is 3.06. The molecule has 0 aliphatic carbocycles. The van der Waals surface area contributed by atoms with Gasteiger partial charge in [-0.25, -0.2) is 9.82 Å². The van der Waals surface area contributed by atoms with E-state index in [9.17, 15) is 14.5 Å². The lowest BCUT2D eigenvalue weighted by Crippen LogP contribution is -2.37. The van der Waals surface area contributed by atoms with Gasteiger partial charge in [0.15, 0.2) is 0 Å². The van der Waals surface area contributed by atoms with Gasteiger partial charge in [-0.1, -0.05) is 12.1 Å². The van der Waals surface area contributed by atoms with E-state index in [4.69, 9.17) is 4.74 Å². The summed E-state index contributed by atoms with van der Waals surface area (Å²) in [5.74, 6) is 0.568. The molecule has 4 rings (SSSR count). The number of nitrogens with zero attached hydrogens (tertiary/aromatic N) is 6. The molecule has 2 aromatic carbocycles. The highest BCUT2D eigenvalue weighted by atomic mass is 19.1. The first kappa shape index (κ1) is 22.0. The van der Waals surface area contributed by atoms with Crippen LogP contribution in [-0.4, -0.2) is 51.9 Å². The number of morpholine rings is 1. The normalized spacial score (nSPS) is 14.1. The second-order valence-electron chi connectivity index (χ2n) is 7.13. The number of aromatic nitrogens is 3. The van der Waals surface area contributed by atoms with Crippen LogP contribution in [0.2, 0.25) is 0 Å². The van der Waals surface area contributed by atoms with E-state index in [0.29, 0.717) is 43.7 Å². The molecular weight excluding hydrogens is 431 g/mol. The third-order valence-corrected chi connectivity index (χ3v) is 4.84. The first-order valence-corrected chi connectivity index (χ1v) is 10.1. The quantitative estimate of drug-likeness (QED) is 0.315. The van der Waals surface area contributed by atoms with Crippen LogP contribution in [0.25, 0.3) is 0 Å². The van der Waals surface area contributed by atoms with E-state index in [2.05, 4.69) is 30.8 Å². The van der Waals surface area contributed by atoms with Gasteiger partial charge in [-0.3, -0.25) is 10.1 Å². The Morgan fingerprint density at radius 2 is 1.73 bits per heavy atom. The molecule has 2 N–H and O–H groups in total. The number of nitrogens with one attached hydrogen (secondary N) is 2. The van der Waals surface area contributed by atoms with Crippen LogP contribution in [0.4, 0.5) is 33.6 Å². The first-order valence-electron chi connectivity index (χ1n) is 10.1. The van der Waals surface area contributed by atoms with Gasteiger partial charge >= 0.3 is 0 Å². The molecule has 0 radical (unpaired) electrons. The van der Waals surface area contributed by atoms with Gasteiger partial charge < -0.3 is 15.0 Å². The van der Waals surface area contributed by atoms with E-state index in [-0.39, 0.29) is 23.4 Å². The molecule has 0 atom stereocenters. The molecule has 1 aromatic heterocycles. The Balaban J connectivity index is 1.59. The second kappa shape index (κ2) is 9.96. The maximum atomic E-state index is 13.2. The van der Waals surface area contributed by atoms with Gasteiger partial charge in [0.2, 0.25) is 17.8 Å². The number of ether oxygens (including phenoxy) is 1. The molecule has 12 heteroatoms. The summed E-state index contributed by atoms with van der Waals surface area (Å²) in [5.41, 5.74) is 4.76. The largest absolute Gasteiger partial charge is 0.378 e. The number of halogens is 1. The van der Waals surface area contributed by atoms with Gasteiger partial charge in [0, 0.05) is 30.9 Å². The summed E-state index contributed by atoms with van der Waals surface area (Å²) >= 11 is 0. The highest BCUT2D eigenvalue weighted by Gasteiger charge is 2.17. The van der Waals surface area contributed by atoms with Crippen LogP contribution >= 0.6 is 0 Å². The van der Waals surface area contributed by atoms with E-state index in [1.54, 1.807) is 31.2 Å². The average Bonchev–Trinajstić information content (AvgIpc) is 2.84. The Hall–Kier alpha value is -4.19. The number of hydrogen-bond donors (Lipinski definition) is 2. The highest BCUT2D eigenvalue weighted by molar-refractivity contribution is 5.98. The number of rotatable bonds is 7. The van der Waals surface area contributed by atoms with Crippen LogP contribution in [0, 0.1) is 15.9 Å². The maximum Gasteiger partial charge on any atom is 0.269 e. The van der Waals surface area contributed by atoms with Crippen molar-refractivity contribution in [3.63, 3.8) is 0 Å². The third kappa shape index (κ3) is 5.74. The summed E-state index contributed by atoms with van der Waals surface area (Å²) < 4.78 is 18.6. The average molecular weight is 452 g/mol. The van der Waals surface area contributed by atoms with E-state index >= 15 is 0 Å². The number of nitro groups is 1. The lowest BCUT2D eigenvalue weighted by Gasteiger charge is -2.27. The van der Waals surface area contributed by atoms with Gasteiger partial charge in [-0.15, -0.1) is 0 Å². The van der Waals surface area contributed by atoms with Crippen molar-refractivity contribution in [2.24, 2.45) is 5.10 Å². The molecule has 1 fully saturated rings. The summed E-state index contributed by atoms with van der Waals surface area (Å²) in [7, 11) is 0. The molecule has 1 aliphatic heterocycles. The Morgan fingerprint density at radius 3 is 2.39 bits per heavy atom. The van der Waals surface area contributed by atoms with Crippen LogP contribution in [-0.2, 0) is 4.74 Å². The predicted molar refractivity (Wildman–Crippen MR) is 121 cm³/mol. The van der Waals surface area contributed by atoms with E-state index in [1.165, 1.54) is 24.3 Å². The van der Waals surface area contributed by atoms with Gasteiger partial charge in [0.05, 0.1) is 23.8 Å². The van der Waals surface area contributed by atoms with Crippen LogP contribution in [0.3, 0.4) is 0 Å². The molecule has 0 saturated carbocycles. The van der Waals surface area contributed by atoms with E-state index in [1.807, 2.05) is 4.90 Å². The van der Waals surface area contributed by atoms with Crippen LogP contribution < -0.4 is 15.6 Å². The van der Waals surface area contributed by atoms with E-state index in [0.717, 1.165) is 5.56 Å². The molecule has 33 heavy (non-hydrogen) atoms. The van der Waals surface area contributed by atoms with E-state index < -0.39 is 4.92 Å². The van der Waals surface area contributed by atoms with Crippen LogP contribution in [0.5, 0.6) is 0 Å². The fraction of sp³-hybridized carbons (Fsp3) is 0.238. The molecule has 0 bridgehead atoms. The molecule has 1 saturated heterocycles. The second-order valence-corrected chi connectivity index (χ2v) is 7.13. The molecule has 0 unspecified atom stereocenters. The molecule has 3 aromatic rings. The minimum Gasteiger partial charge on any atom is -0.378 e. The maximum absolute atomic E-state index is 13.2. The van der Waals surface area contributed by atoms with Crippen molar-refractivity contribution in [3.05, 3.63) is 70.0 Å². The molecule has 0 spiro atoms. The summed E-state index contributed by atoms with van der Waals surface area (Å²) in [4.78, 5) is 25.7. The zero-order valence-corrected chi connectivity index (χ0v) is 17.7. The fourth-order valence-corrected chi connectivity index (χ4v) is 3.06. The Kier molecular flexibility index (Phi) is 6.64. The van der Waals surface area contributed by atoms with Crippen LogP contribution in [0.15, 0.2) is 53.6 Å². The van der Waals surface area contributed by atoms with Crippen molar-refractivity contribution >= 4 is 34.9 Å². The monoisotopic (exact) mass is 452 g/mol. The van der Waals surface area contributed by atoms with Crippen molar-refractivity contribution in [2.75, 3.05) is 41.9 Å². The highest BCUT2D eigenvalue weighted by Crippen LogP contribution is 2.21. The SMILES string of the molecule is C/C(=N/Nc1nc(Nc2ccc([N+](=O)[O-])cc2)nc(N2CCOCC2)n1)c1ccc(F)cc1. The summed E-state index contributed by atoms with van der Waals surface area (Å²) in [5, 5.41) is 18.2. The van der Waals surface area contributed by atoms with Crippen molar-refractivity contribution in [3.8, 4) is 0 Å². The number of non-ortho nitro benzene ring substituents is 1. The molecule has 170 valence electrons. The van der Waals surface area contributed by atoms with Gasteiger partial charge in [-0.2, -0.15) is 20.1 Å². The summed E-state index contributed by atoms with van der Waals surface area (Å²) in [6.07, 6.45) is 0. The third-order valence-electron chi connectivity index (χ3n) is 4.84. The van der Waals surface area contributed by atoms with Gasteiger partial charge in [0.25, 0.3) is 5.69 Å². The van der Waals surface area contributed by atoms with Gasteiger partial charge in [0.1, 0.15) is 5.82 Å². The molecule has 2 heterocycles.